The van der Waals surface area contributed by atoms with Gasteiger partial charge in [0, 0.05) is 18.5 Å². The molecule has 0 spiro atoms. The lowest BCUT2D eigenvalue weighted by molar-refractivity contribution is 0.0889. The summed E-state index contributed by atoms with van der Waals surface area (Å²) in [5.41, 5.74) is 5.54. The van der Waals surface area contributed by atoms with Gasteiger partial charge in [0.2, 0.25) is 0 Å². The molecule has 0 aliphatic carbocycles. The second kappa shape index (κ2) is 9.14. The standard InChI is InChI=1S/C19H28N4O2.ClH/c1-5-19(6-2,12-20)21-17(24)16-14-9-7-8-10-15(14)18(25)23(22-16)11-13(3)4;/h7-10,13H,5-6,11-12,20H2,1-4H3,(H,21,24);1H. The Labute approximate surface area is 160 Å². The minimum absolute atomic E-state index is 0. The van der Waals surface area contributed by atoms with Crippen molar-refractivity contribution in [2.75, 3.05) is 6.54 Å². The average molecular weight is 381 g/mol. The summed E-state index contributed by atoms with van der Waals surface area (Å²) >= 11 is 0. The first-order valence-corrected chi connectivity index (χ1v) is 8.90. The van der Waals surface area contributed by atoms with E-state index in [2.05, 4.69) is 10.4 Å². The van der Waals surface area contributed by atoms with Crippen molar-refractivity contribution in [3.8, 4) is 0 Å². The van der Waals surface area contributed by atoms with Crippen LogP contribution < -0.4 is 16.6 Å². The molecule has 144 valence electrons. The number of carbonyl (C=O) groups is 1. The van der Waals surface area contributed by atoms with Gasteiger partial charge in [0.05, 0.1) is 10.9 Å². The maximum Gasteiger partial charge on any atom is 0.274 e. The van der Waals surface area contributed by atoms with E-state index in [0.717, 1.165) is 12.8 Å². The second-order valence-electron chi connectivity index (χ2n) is 6.92. The van der Waals surface area contributed by atoms with Crippen LogP contribution in [0, 0.1) is 5.92 Å². The zero-order valence-corrected chi connectivity index (χ0v) is 16.7. The first kappa shape index (κ1) is 22.1. The van der Waals surface area contributed by atoms with Gasteiger partial charge >= 0.3 is 0 Å². The molecule has 2 aromatic rings. The Balaban J connectivity index is 0.00000338. The SMILES string of the molecule is CCC(CC)(CN)NC(=O)c1nn(CC(C)C)c(=O)c2ccccc12.Cl. The molecule has 0 bridgehead atoms. The van der Waals surface area contributed by atoms with Gasteiger partial charge in [-0.15, -0.1) is 12.4 Å². The van der Waals surface area contributed by atoms with Crippen LogP contribution in [0.25, 0.3) is 10.8 Å². The number of fused-ring (bicyclic) bond motifs is 1. The van der Waals surface area contributed by atoms with E-state index >= 15 is 0 Å². The summed E-state index contributed by atoms with van der Waals surface area (Å²) in [6.07, 6.45) is 1.46. The Bertz CT molecular complexity index is 805. The highest BCUT2D eigenvalue weighted by molar-refractivity contribution is 6.05. The molecular weight excluding hydrogens is 352 g/mol. The van der Waals surface area contributed by atoms with Crippen molar-refractivity contribution in [2.24, 2.45) is 11.7 Å². The van der Waals surface area contributed by atoms with Gasteiger partial charge in [0.1, 0.15) is 0 Å². The van der Waals surface area contributed by atoms with Crippen molar-refractivity contribution in [2.45, 2.75) is 52.6 Å². The summed E-state index contributed by atoms with van der Waals surface area (Å²) in [4.78, 5) is 25.6. The van der Waals surface area contributed by atoms with Gasteiger partial charge in [-0.05, 0) is 24.8 Å². The molecule has 26 heavy (non-hydrogen) atoms. The third-order valence-corrected chi connectivity index (χ3v) is 4.74. The number of nitrogens with one attached hydrogen (secondary N) is 1. The van der Waals surface area contributed by atoms with Gasteiger partial charge < -0.3 is 11.1 Å². The minimum Gasteiger partial charge on any atom is -0.344 e. The largest absolute Gasteiger partial charge is 0.344 e. The Kier molecular flexibility index (Phi) is 7.78. The second-order valence-corrected chi connectivity index (χ2v) is 6.92. The van der Waals surface area contributed by atoms with Crippen molar-refractivity contribution in [1.29, 1.82) is 0 Å². The number of hydrogen-bond donors (Lipinski definition) is 2. The van der Waals surface area contributed by atoms with E-state index < -0.39 is 5.54 Å². The number of aromatic nitrogens is 2. The molecule has 1 heterocycles. The van der Waals surface area contributed by atoms with Crippen molar-refractivity contribution >= 4 is 29.1 Å². The van der Waals surface area contributed by atoms with Gasteiger partial charge in [-0.1, -0.05) is 45.9 Å². The van der Waals surface area contributed by atoms with E-state index in [1.54, 1.807) is 18.2 Å². The number of hydrogen-bond acceptors (Lipinski definition) is 4. The summed E-state index contributed by atoms with van der Waals surface area (Å²) in [6, 6.07) is 7.11. The van der Waals surface area contributed by atoms with Crippen LogP contribution in [-0.2, 0) is 6.54 Å². The van der Waals surface area contributed by atoms with E-state index in [0.29, 0.717) is 23.9 Å². The fourth-order valence-electron chi connectivity index (χ4n) is 2.94. The molecule has 0 atom stereocenters. The minimum atomic E-state index is -0.459. The number of amides is 1. The lowest BCUT2D eigenvalue weighted by Crippen LogP contribution is -2.53. The highest BCUT2D eigenvalue weighted by Crippen LogP contribution is 2.18. The van der Waals surface area contributed by atoms with Crippen molar-refractivity contribution in [3.63, 3.8) is 0 Å². The van der Waals surface area contributed by atoms with Crippen LogP contribution in [-0.4, -0.2) is 27.8 Å². The molecule has 0 fully saturated rings. The van der Waals surface area contributed by atoms with Crippen molar-refractivity contribution in [3.05, 3.63) is 40.3 Å². The highest BCUT2D eigenvalue weighted by atomic mass is 35.5. The summed E-state index contributed by atoms with van der Waals surface area (Å²) < 4.78 is 1.39. The molecule has 1 aromatic carbocycles. The maximum absolute atomic E-state index is 13.0. The van der Waals surface area contributed by atoms with Crippen LogP contribution in [0.15, 0.2) is 29.1 Å². The number of nitrogens with two attached hydrogens (primary N) is 1. The summed E-state index contributed by atoms with van der Waals surface area (Å²) in [7, 11) is 0. The quantitative estimate of drug-likeness (QED) is 0.772. The molecule has 0 saturated carbocycles. The molecule has 6 nitrogen and oxygen atoms in total. The monoisotopic (exact) mass is 380 g/mol. The predicted molar refractivity (Wildman–Crippen MR) is 108 cm³/mol. The topological polar surface area (TPSA) is 90.0 Å². The van der Waals surface area contributed by atoms with Gasteiger partial charge in [-0.3, -0.25) is 9.59 Å². The van der Waals surface area contributed by atoms with Gasteiger partial charge in [0.15, 0.2) is 5.69 Å². The van der Waals surface area contributed by atoms with E-state index in [-0.39, 0.29) is 35.5 Å². The fraction of sp³-hybridized carbons (Fsp3) is 0.526. The van der Waals surface area contributed by atoms with E-state index in [1.807, 2.05) is 33.8 Å². The molecule has 0 saturated heterocycles. The first-order chi connectivity index (χ1) is 11.9. The third kappa shape index (κ3) is 4.43. The van der Waals surface area contributed by atoms with Crippen molar-refractivity contribution < 1.29 is 4.79 Å². The van der Waals surface area contributed by atoms with Crippen LogP contribution in [0.3, 0.4) is 0 Å². The fourth-order valence-corrected chi connectivity index (χ4v) is 2.94. The first-order valence-electron chi connectivity index (χ1n) is 8.90. The molecule has 1 aromatic heterocycles. The van der Waals surface area contributed by atoms with Crippen LogP contribution >= 0.6 is 12.4 Å². The number of carbonyl (C=O) groups excluding carboxylic acids is 1. The highest BCUT2D eigenvalue weighted by Gasteiger charge is 2.28. The molecule has 0 unspecified atom stereocenters. The maximum atomic E-state index is 13.0. The smallest absolute Gasteiger partial charge is 0.274 e. The molecule has 1 amide bonds. The summed E-state index contributed by atoms with van der Waals surface area (Å²) in [5, 5.41) is 8.51. The number of halogens is 1. The Morgan fingerprint density at radius 2 is 1.81 bits per heavy atom. The lowest BCUT2D eigenvalue weighted by Gasteiger charge is -2.31. The van der Waals surface area contributed by atoms with E-state index in [1.165, 1.54) is 4.68 Å². The van der Waals surface area contributed by atoms with Crippen molar-refractivity contribution in [1.82, 2.24) is 15.1 Å². The summed E-state index contributed by atoms with van der Waals surface area (Å²) in [5.74, 6) is -0.0421. The average Bonchev–Trinajstić information content (AvgIpc) is 2.61. The molecule has 2 rings (SSSR count). The zero-order valence-electron chi connectivity index (χ0n) is 15.9. The van der Waals surface area contributed by atoms with Crippen LogP contribution in [0.5, 0.6) is 0 Å². The normalized spacial score (nSPS) is 11.5. The molecule has 3 N–H and O–H groups in total. The van der Waals surface area contributed by atoms with Gasteiger partial charge in [-0.25, -0.2) is 4.68 Å². The predicted octanol–water partition coefficient (Wildman–Crippen LogP) is 2.72. The van der Waals surface area contributed by atoms with Crippen LogP contribution in [0.1, 0.15) is 51.0 Å². The van der Waals surface area contributed by atoms with E-state index in [4.69, 9.17) is 5.73 Å². The molecule has 0 radical (unpaired) electrons. The Morgan fingerprint density at radius 3 is 2.31 bits per heavy atom. The Morgan fingerprint density at radius 1 is 1.23 bits per heavy atom. The molecule has 7 heteroatoms. The number of nitrogens with zero attached hydrogens (tertiary/aromatic N) is 2. The Hall–Kier alpha value is -1.92. The zero-order chi connectivity index (χ0) is 18.6. The number of rotatable bonds is 7. The van der Waals surface area contributed by atoms with Gasteiger partial charge in [0.25, 0.3) is 11.5 Å². The molecular formula is C19H29ClN4O2. The lowest BCUT2D eigenvalue weighted by atomic mass is 9.92. The van der Waals surface area contributed by atoms with Crippen LogP contribution in [0.4, 0.5) is 0 Å². The third-order valence-electron chi connectivity index (χ3n) is 4.74. The van der Waals surface area contributed by atoms with Crippen LogP contribution in [0.2, 0.25) is 0 Å². The molecule has 0 aliphatic heterocycles. The van der Waals surface area contributed by atoms with E-state index in [9.17, 15) is 9.59 Å². The molecule has 0 aliphatic rings. The summed E-state index contributed by atoms with van der Waals surface area (Å²) in [6.45, 7) is 8.85. The van der Waals surface area contributed by atoms with Gasteiger partial charge in [-0.2, -0.15) is 5.10 Å². The number of benzene rings is 1.